The molecule has 1 aliphatic heterocycles. The third-order valence-electron chi connectivity index (χ3n) is 4.89. The number of benzene rings is 2. The Morgan fingerprint density at radius 3 is 2.52 bits per heavy atom. The van der Waals surface area contributed by atoms with Gasteiger partial charge in [0.1, 0.15) is 5.82 Å². The van der Waals surface area contributed by atoms with Crippen LogP contribution in [-0.2, 0) is 10.3 Å². The number of hydrogen-bond donors (Lipinski definition) is 2. The predicted molar refractivity (Wildman–Crippen MR) is 103 cm³/mol. The Balaban J connectivity index is 1.62. The molecular formula is C21H23N3O3. The molecule has 2 aromatic carbocycles. The van der Waals surface area contributed by atoms with E-state index in [0.717, 1.165) is 28.0 Å². The zero-order chi connectivity index (χ0) is 19.0. The smallest absolute Gasteiger partial charge is 0.254 e. The highest BCUT2D eigenvalue weighted by molar-refractivity contribution is 5.97. The van der Waals surface area contributed by atoms with E-state index >= 15 is 0 Å². The van der Waals surface area contributed by atoms with Crippen molar-refractivity contribution in [1.82, 2.24) is 14.9 Å². The normalized spacial score (nSPS) is 15.3. The van der Waals surface area contributed by atoms with Crippen molar-refractivity contribution >= 4 is 16.9 Å². The number of nitrogens with zero attached hydrogens (tertiary/aromatic N) is 2. The second-order valence-corrected chi connectivity index (χ2v) is 7.36. The van der Waals surface area contributed by atoms with Gasteiger partial charge in [0, 0.05) is 24.2 Å². The van der Waals surface area contributed by atoms with Crippen LogP contribution in [-0.4, -0.2) is 52.2 Å². The van der Waals surface area contributed by atoms with Gasteiger partial charge in [0.25, 0.3) is 5.91 Å². The third-order valence-corrected chi connectivity index (χ3v) is 4.89. The van der Waals surface area contributed by atoms with E-state index in [1.807, 2.05) is 47.4 Å². The van der Waals surface area contributed by atoms with Crippen LogP contribution in [0.3, 0.4) is 0 Å². The number of rotatable bonds is 3. The zero-order valence-electron chi connectivity index (χ0n) is 15.5. The van der Waals surface area contributed by atoms with Gasteiger partial charge in [-0.2, -0.15) is 0 Å². The Kier molecular flexibility index (Phi) is 4.45. The summed E-state index contributed by atoms with van der Waals surface area (Å²) in [6, 6.07) is 13.2. The maximum Gasteiger partial charge on any atom is 0.254 e. The summed E-state index contributed by atoms with van der Waals surface area (Å²) in [5, 5.41) is 10.1. The SMILES string of the molecule is CC(C)(O)c1ccc(-c2nc3ccc(C(=O)N4CCOCC4)cc3[nH]2)cc1. The minimum absolute atomic E-state index is 0.0193. The maximum atomic E-state index is 12.7. The van der Waals surface area contributed by atoms with Crippen LogP contribution in [0.4, 0.5) is 0 Å². The molecular weight excluding hydrogens is 342 g/mol. The van der Waals surface area contributed by atoms with Gasteiger partial charge >= 0.3 is 0 Å². The number of aromatic amines is 1. The van der Waals surface area contributed by atoms with E-state index in [-0.39, 0.29) is 5.91 Å². The highest BCUT2D eigenvalue weighted by Gasteiger charge is 2.19. The monoisotopic (exact) mass is 365 g/mol. The molecule has 140 valence electrons. The van der Waals surface area contributed by atoms with E-state index in [1.165, 1.54) is 0 Å². The van der Waals surface area contributed by atoms with Gasteiger partial charge in [0.05, 0.1) is 29.8 Å². The van der Waals surface area contributed by atoms with Crippen molar-refractivity contribution in [3.63, 3.8) is 0 Å². The number of hydrogen-bond acceptors (Lipinski definition) is 4. The van der Waals surface area contributed by atoms with Gasteiger partial charge in [0.2, 0.25) is 0 Å². The summed E-state index contributed by atoms with van der Waals surface area (Å²) in [5.41, 5.74) is 3.20. The van der Waals surface area contributed by atoms with Gasteiger partial charge in [0.15, 0.2) is 0 Å². The van der Waals surface area contributed by atoms with Gasteiger partial charge in [-0.3, -0.25) is 4.79 Å². The molecule has 0 bridgehead atoms. The van der Waals surface area contributed by atoms with Gasteiger partial charge in [-0.1, -0.05) is 24.3 Å². The van der Waals surface area contributed by atoms with E-state index in [2.05, 4.69) is 9.97 Å². The van der Waals surface area contributed by atoms with E-state index in [1.54, 1.807) is 13.8 Å². The molecule has 0 radical (unpaired) electrons. The second kappa shape index (κ2) is 6.79. The van der Waals surface area contributed by atoms with Crippen LogP contribution in [0, 0.1) is 0 Å². The summed E-state index contributed by atoms with van der Waals surface area (Å²) in [6.45, 7) is 5.94. The lowest BCUT2D eigenvalue weighted by molar-refractivity contribution is 0.0303. The number of ether oxygens (including phenoxy) is 1. The van der Waals surface area contributed by atoms with Crippen LogP contribution in [0.25, 0.3) is 22.4 Å². The maximum absolute atomic E-state index is 12.7. The quantitative estimate of drug-likeness (QED) is 0.748. The summed E-state index contributed by atoms with van der Waals surface area (Å²) in [4.78, 5) is 22.4. The summed E-state index contributed by atoms with van der Waals surface area (Å²) in [5.74, 6) is 0.758. The molecule has 2 heterocycles. The number of nitrogens with one attached hydrogen (secondary N) is 1. The first-order chi connectivity index (χ1) is 12.9. The van der Waals surface area contributed by atoms with E-state index in [9.17, 15) is 9.90 Å². The Morgan fingerprint density at radius 1 is 1.15 bits per heavy atom. The van der Waals surface area contributed by atoms with Crippen molar-refractivity contribution in [2.24, 2.45) is 0 Å². The van der Waals surface area contributed by atoms with Crippen molar-refractivity contribution in [1.29, 1.82) is 0 Å². The Labute approximate surface area is 157 Å². The molecule has 3 aromatic rings. The fraction of sp³-hybridized carbons (Fsp3) is 0.333. The number of carbonyl (C=O) groups is 1. The first-order valence-electron chi connectivity index (χ1n) is 9.12. The molecule has 0 atom stereocenters. The molecule has 6 heteroatoms. The number of fused-ring (bicyclic) bond motifs is 1. The number of aliphatic hydroxyl groups is 1. The average molecular weight is 365 g/mol. The molecule has 1 aliphatic rings. The first-order valence-corrected chi connectivity index (χ1v) is 9.12. The lowest BCUT2D eigenvalue weighted by Gasteiger charge is -2.26. The van der Waals surface area contributed by atoms with E-state index in [0.29, 0.717) is 31.9 Å². The number of amides is 1. The highest BCUT2D eigenvalue weighted by atomic mass is 16.5. The molecule has 0 saturated carbocycles. The van der Waals surface area contributed by atoms with Crippen LogP contribution in [0.2, 0.25) is 0 Å². The molecule has 27 heavy (non-hydrogen) atoms. The fourth-order valence-electron chi connectivity index (χ4n) is 3.26. The molecule has 2 N–H and O–H groups in total. The molecule has 0 spiro atoms. The minimum Gasteiger partial charge on any atom is -0.386 e. The first kappa shape index (κ1) is 17.7. The Morgan fingerprint density at radius 2 is 1.85 bits per heavy atom. The van der Waals surface area contributed by atoms with Crippen molar-refractivity contribution < 1.29 is 14.6 Å². The van der Waals surface area contributed by atoms with Crippen LogP contribution < -0.4 is 0 Å². The van der Waals surface area contributed by atoms with Crippen molar-refractivity contribution in [3.8, 4) is 11.4 Å². The van der Waals surface area contributed by atoms with Crippen molar-refractivity contribution in [2.75, 3.05) is 26.3 Å². The number of H-pyrrole nitrogens is 1. The Hall–Kier alpha value is -2.70. The fourth-order valence-corrected chi connectivity index (χ4v) is 3.26. The molecule has 1 amide bonds. The van der Waals surface area contributed by atoms with Gasteiger partial charge < -0.3 is 19.7 Å². The average Bonchev–Trinajstić information content (AvgIpc) is 3.11. The molecule has 0 aliphatic carbocycles. The molecule has 4 rings (SSSR count). The summed E-state index contributed by atoms with van der Waals surface area (Å²) < 4.78 is 5.31. The van der Waals surface area contributed by atoms with Crippen molar-refractivity contribution in [2.45, 2.75) is 19.4 Å². The number of morpholine rings is 1. The lowest BCUT2D eigenvalue weighted by Crippen LogP contribution is -2.40. The predicted octanol–water partition coefficient (Wildman–Crippen LogP) is 2.93. The second-order valence-electron chi connectivity index (χ2n) is 7.36. The summed E-state index contributed by atoms with van der Waals surface area (Å²) >= 11 is 0. The summed E-state index contributed by atoms with van der Waals surface area (Å²) in [6.07, 6.45) is 0. The lowest BCUT2D eigenvalue weighted by atomic mass is 9.97. The number of carbonyl (C=O) groups excluding carboxylic acids is 1. The van der Waals surface area contributed by atoms with Gasteiger partial charge in [-0.15, -0.1) is 0 Å². The summed E-state index contributed by atoms with van der Waals surface area (Å²) in [7, 11) is 0. The number of imidazole rings is 1. The van der Waals surface area contributed by atoms with Gasteiger partial charge in [-0.25, -0.2) is 4.98 Å². The molecule has 0 unspecified atom stereocenters. The zero-order valence-corrected chi connectivity index (χ0v) is 15.5. The van der Waals surface area contributed by atoms with Crippen LogP contribution >= 0.6 is 0 Å². The van der Waals surface area contributed by atoms with Crippen LogP contribution in [0.1, 0.15) is 29.8 Å². The molecule has 1 aromatic heterocycles. The van der Waals surface area contributed by atoms with E-state index < -0.39 is 5.60 Å². The number of aromatic nitrogens is 2. The minimum atomic E-state index is -0.874. The topological polar surface area (TPSA) is 78.5 Å². The van der Waals surface area contributed by atoms with Crippen LogP contribution in [0.5, 0.6) is 0 Å². The van der Waals surface area contributed by atoms with Crippen molar-refractivity contribution in [3.05, 3.63) is 53.6 Å². The molecule has 1 fully saturated rings. The largest absolute Gasteiger partial charge is 0.386 e. The van der Waals surface area contributed by atoms with E-state index in [4.69, 9.17) is 4.74 Å². The Bertz CT molecular complexity index is 964. The highest BCUT2D eigenvalue weighted by Crippen LogP contribution is 2.25. The molecule has 1 saturated heterocycles. The van der Waals surface area contributed by atoms with Gasteiger partial charge in [-0.05, 0) is 37.6 Å². The standard InChI is InChI=1S/C21H23N3O3/c1-21(2,26)16-6-3-14(4-7-16)19-22-17-8-5-15(13-18(17)23-19)20(25)24-9-11-27-12-10-24/h3-8,13,26H,9-12H2,1-2H3,(H,22,23). The van der Waals surface area contributed by atoms with Crippen LogP contribution in [0.15, 0.2) is 42.5 Å². The molecule has 6 nitrogen and oxygen atoms in total. The third kappa shape index (κ3) is 3.59.